The van der Waals surface area contributed by atoms with Crippen molar-refractivity contribution < 1.29 is 4.79 Å². The first-order valence-electron chi connectivity index (χ1n) is 5.30. The number of aromatic nitrogens is 5. The van der Waals surface area contributed by atoms with E-state index in [-0.39, 0.29) is 5.82 Å². The number of aromatic amines is 1. The standard InChI is InChI=1S/C10H12N6O/c1-2-4-7-12-9(16-15-7)10(17)13-8-5-3-6-11-14-8/h3,5-6H,2,4H2,1H3,(H,12,15,16)(H,13,14,17). The topological polar surface area (TPSA) is 96.5 Å². The molecule has 2 aromatic heterocycles. The largest absolute Gasteiger partial charge is 0.302 e. The van der Waals surface area contributed by atoms with E-state index in [9.17, 15) is 4.79 Å². The molecule has 0 atom stereocenters. The van der Waals surface area contributed by atoms with Crippen LogP contribution in [0.1, 0.15) is 29.8 Å². The molecule has 7 heteroatoms. The van der Waals surface area contributed by atoms with E-state index in [0.29, 0.717) is 11.6 Å². The van der Waals surface area contributed by atoms with E-state index in [1.54, 1.807) is 12.1 Å². The number of H-pyrrole nitrogens is 1. The molecule has 2 rings (SSSR count). The molecule has 7 nitrogen and oxygen atoms in total. The van der Waals surface area contributed by atoms with E-state index in [1.807, 2.05) is 6.92 Å². The van der Waals surface area contributed by atoms with Crippen molar-refractivity contribution in [1.82, 2.24) is 25.4 Å². The van der Waals surface area contributed by atoms with Crippen molar-refractivity contribution in [3.05, 3.63) is 30.0 Å². The lowest BCUT2D eigenvalue weighted by Crippen LogP contribution is -2.15. The number of hydrogen-bond acceptors (Lipinski definition) is 5. The minimum Gasteiger partial charge on any atom is -0.302 e. The monoisotopic (exact) mass is 232 g/mol. The van der Waals surface area contributed by atoms with Crippen LogP contribution in [-0.2, 0) is 6.42 Å². The van der Waals surface area contributed by atoms with E-state index in [4.69, 9.17) is 0 Å². The first-order valence-corrected chi connectivity index (χ1v) is 5.30. The number of nitrogens with one attached hydrogen (secondary N) is 2. The molecule has 0 saturated carbocycles. The Morgan fingerprint density at radius 1 is 1.53 bits per heavy atom. The Labute approximate surface area is 97.7 Å². The molecule has 0 bridgehead atoms. The normalized spacial score (nSPS) is 10.2. The van der Waals surface area contributed by atoms with Gasteiger partial charge in [0.05, 0.1) is 0 Å². The molecular formula is C10H12N6O. The SMILES string of the molecule is CCCc1nc(C(=O)Nc2cccnn2)n[nH]1. The molecule has 0 unspecified atom stereocenters. The van der Waals surface area contributed by atoms with Crippen LogP contribution in [0.2, 0.25) is 0 Å². The molecule has 2 N–H and O–H groups in total. The minimum atomic E-state index is -0.399. The van der Waals surface area contributed by atoms with Gasteiger partial charge in [-0.15, -0.1) is 10.2 Å². The van der Waals surface area contributed by atoms with Crippen LogP contribution in [0.4, 0.5) is 5.82 Å². The average Bonchev–Trinajstić information content (AvgIpc) is 2.79. The molecule has 0 aliphatic carbocycles. The van der Waals surface area contributed by atoms with Crippen LogP contribution >= 0.6 is 0 Å². The van der Waals surface area contributed by atoms with Crippen molar-refractivity contribution in [3.63, 3.8) is 0 Å². The molecule has 0 aliphatic heterocycles. The highest BCUT2D eigenvalue weighted by molar-refractivity contribution is 6.00. The predicted octanol–water partition coefficient (Wildman–Crippen LogP) is 0.799. The van der Waals surface area contributed by atoms with E-state index >= 15 is 0 Å². The van der Waals surface area contributed by atoms with Gasteiger partial charge in [-0.05, 0) is 18.6 Å². The second-order valence-electron chi connectivity index (χ2n) is 3.42. The number of amides is 1. The van der Waals surface area contributed by atoms with Gasteiger partial charge >= 0.3 is 0 Å². The van der Waals surface area contributed by atoms with Gasteiger partial charge in [0.2, 0.25) is 5.82 Å². The number of anilines is 1. The summed E-state index contributed by atoms with van der Waals surface area (Å²) in [6.45, 7) is 2.03. The maximum absolute atomic E-state index is 11.7. The Bertz CT molecular complexity index is 495. The second-order valence-corrected chi connectivity index (χ2v) is 3.42. The first-order chi connectivity index (χ1) is 8.29. The zero-order valence-corrected chi connectivity index (χ0v) is 9.34. The Morgan fingerprint density at radius 2 is 2.41 bits per heavy atom. The highest BCUT2D eigenvalue weighted by atomic mass is 16.2. The number of carbonyl (C=O) groups excluding carboxylic acids is 1. The summed E-state index contributed by atoms with van der Waals surface area (Å²) in [4.78, 5) is 15.8. The lowest BCUT2D eigenvalue weighted by atomic mass is 10.3. The van der Waals surface area contributed by atoms with Crippen molar-refractivity contribution in [2.45, 2.75) is 19.8 Å². The third-order valence-corrected chi connectivity index (χ3v) is 2.04. The molecule has 88 valence electrons. The summed E-state index contributed by atoms with van der Waals surface area (Å²) < 4.78 is 0. The van der Waals surface area contributed by atoms with Gasteiger partial charge in [0.25, 0.3) is 5.91 Å². The highest BCUT2D eigenvalue weighted by Gasteiger charge is 2.12. The number of aryl methyl sites for hydroxylation is 1. The summed E-state index contributed by atoms with van der Waals surface area (Å²) in [7, 11) is 0. The van der Waals surface area contributed by atoms with Crippen molar-refractivity contribution in [2.75, 3.05) is 5.32 Å². The first kappa shape index (κ1) is 11.2. The molecule has 0 aromatic carbocycles. The molecule has 0 fully saturated rings. The Balaban J connectivity index is 2.04. The van der Waals surface area contributed by atoms with Crippen LogP contribution in [-0.4, -0.2) is 31.3 Å². The fraction of sp³-hybridized carbons (Fsp3) is 0.300. The Hall–Kier alpha value is -2.31. The van der Waals surface area contributed by atoms with Gasteiger partial charge in [0.15, 0.2) is 5.82 Å². The van der Waals surface area contributed by atoms with E-state index in [0.717, 1.165) is 12.8 Å². The molecule has 0 saturated heterocycles. The van der Waals surface area contributed by atoms with Crippen molar-refractivity contribution in [1.29, 1.82) is 0 Å². The summed E-state index contributed by atoms with van der Waals surface area (Å²) in [5.74, 6) is 0.791. The molecule has 0 radical (unpaired) electrons. The van der Waals surface area contributed by atoms with Gasteiger partial charge in [0, 0.05) is 12.6 Å². The quantitative estimate of drug-likeness (QED) is 0.812. The van der Waals surface area contributed by atoms with Crippen LogP contribution in [0.15, 0.2) is 18.3 Å². The fourth-order valence-corrected chi connectivity index (χ4v) is 1.29. The van der Waals surface area contributed by atoms with Crippen LogP contribution in [0.25, 0.3) is 0 Å². The maximum atomic E-state index is 11.7. The third kappa shape index (κ3) is 2.83. The molecule has 2 heterocycles. The average molecular weight is 232 g/mol. The third-order valence-electron chi connectivity index (χ3n) is 2.04. The van der Waals surface area contributed by atoms with Crippen molar-refractivity contribution in [2.24, 2.45) is 0 Å². The lowest BCUT2D eigenvalue weighted by Gasteiger charge is -1.98. The van der Waals surface area contributed by atoms with Gasteiger partial charge in [-0.25, -0.2) is 4.98 Å². The van der Waals surface area contributed by atoms with E-state index in [2.05, 4.69) is 30.7 Å². The number of rotatable bonds is 4. The van der Waals surface area contributed by atoms with Crippen LogP contribution in [0.3, 0.4) is 0 Å². The summed E-state index contributed by atoms with van der Waals surface area (Å²) >= 11 is 0. The molecular weight excluding hydrogens is 220 g/mol. The lowest BCUT2D eigenvalue weighted by molar-refractivity contribution is 0.101. The zero-order valence-electron chi connectivity index (χ0n) is 9.34. The molecule has 0 spiro atoms. The summed E-state index contributed by atoms with van der Waals surface area (Å²) in [5, 5.41) is 16.5. The number of hydrogen-bond donors (Lipinski definition) is 2. The van der Waals surface area contributed by atoms with Crippen LogP contribution in [0.5, 0.6) is 0 Å². The second kappa shape index (κ2) is 5.15. The Morgan fingerprint density at radius 3 is 3.12 bits per heavy atom. The van der Waals surface area contributed by atoms with Crippen molar-refractivity contribution >= 4 is 11.7 Å². The van der Waals surface area contributed by atoms with Gasteiger partial charge in [-0.1, -0.05) is 6.92 Å². The van der Waals surface area contributed by atoms with Crippen molar-refractivity contribution in [3.8, 4) is 0 Å². The summed E-state index contributed by atoms with van der Waals surface area (Å²) in [6, 6.07) is 3.33. The predicted molar refractivity (Wildman–Crippen MR) is 60.4 cm³/mol. The Kier molecular flexibility index (Phi) is 3.39. The number of nitrogens with zero attached hydrogens (tertiary/aromatic N) is 4. The summed E-state index contributed by atoms with van der Waals surface area (Å²) in [6.07, 6.45) is 3.24. The minimum absolute atomic E-state index is 0.110. The van der Waals surface area contributed by atoms with E-state index in [1.165, 1.54) is 6.20 Å². The fourth-order valence-electron chi connectivity index (χ4n) is 1.29. The number of carbonyl (C=O) groups is 1. The molecule has 2 aromatic rings. The molecule has 17 heavy (non-hydrogen) atoms. The molecule has 1 amide bonds. The zero-order chi connectivity index (χ0) is 12.1. The smallest absolute Gasteiger partial charge is 0.296 e. The summed E-state index contributed by atoms with van der Waals surface area (Å²) in [5.41, 5.74) is 0. The van der Waals surface area contributed by atoms with Gasteiger partial charge < -0.3 is 5.32 Å². The maximum Gasteiger partial charge on any atom is 0.296 e. The van der Waals surface area contributed by atoms with Gasteiger partial charge in [-0.3, -0.25) is 9.89 Å². The molecule has 0 aliphatic rings. The van der Waals surface area contributed by atoms with Crippen LogP contribution in [0, 0.1) is 0 Å². The van der Waals surface area contributed by atoms with Gasteiger partial charge in [0.1, 0.15) is 5.82 Å². The van der Waals surface area contributed by atoms with Gasteiger partial charge in [-0.2, -0.15) is 5.10 Å². The van der Waals surface area contributed by atoms with Crippen LogP contribution < -0.4 is 5.32 Å². The highest BCUT2D eigenvalue weighted by Crippen LogP contribution is 2.02. The van der Waals surface area contributed by atoms with E-state index < -0.39 is 5.91 Å².